The molecule has 1 saturated carbocycles. The van der Waals surface area contributed by atoms with E-state index >= 15 is 0 Å². The number of ketones is 1. The van der Waals surface area contributed by atoms with E-state index in [1.807, 2.05) is 6.92 Å². The maximum Gasteiger partial charge on any atom is 0.312 e. The molecule has 0 N–H and O–H groups in total. The lowest BCUT2D eigenvalue weighted by molar-refractivity contribution is -0.144. The molecule has 3 aliphatic heterocycles. The van der Waals surface area contributed by atoms with E-state index in [1.165, 1.54) is 0 Å². The van der Waals surface area contributed by atoms with Gasteiger partial charge in [0.1, 0.15) is 18.0 Å². The van der Waals surface area contributed by atoms with Gasteiger partial charge in [-0.3, -0.25) is 9.59 Å². The molecule has 4 fully saturated rings. The second kappa shape index (κ2) is 2.12. The molecule has 0 aromatic carbocycles. The number of carbonyl (C=O) groups excluding carboxylic acids is 2. The van der Waals surface area contributed by atoms with Crippen LogP contribution in [-0.4, -0.2) is 29.6 Å². The van der Waals surface area contributed by atoms with E-state index in [2.05, 4.69) is 0 Å². The van der Waals surface area contributed by atoms with Gasteiger partial charge in [0.2, 0.25) is 0 Å². The number of esters is 1. The van der Waals surface area contributed by atoms with Crippen molar-refractivity contribution < 1.29 is 19.1 Å². The molecule has 2 bridgehead atoms. The highest BCUT2D eigenvalue weighted by molar-refractivity contribution is 5.85. The summed E-state index contributed by atoms with van der Waals surface area (Å²) in [6.45, 7) is 2.05. The lowest BCUT2D eigenvalue weighted by atomic mass is 9.60. The number of hydrogen-bond donors (Lipinski definition) is 0. The summed E-state index contributed by atoms with van der Waals surface area (Å²) in [5.41, 5.74) is -0.278. The third-order valence-electron chi connectivity index (χ3n) is 4.79. The van der Waals surface area contributed by atoms with Gasteiger partial charge in [-0.1, -0.05) is 0 Å². The first-order valence-electron chi connectivity index (χ1n) is 5.51. The predicted molar refractivity (Wildman–Crippen MR) is 47.9 cm³/mol. The smallest absolute Gasteiger partial charge is 0.312 e. The van der Waals surface area contributed by atoms with Crippen LogP contribution in [0, 0.1) is 17.8 Å². The molecule has 4 rings (SSSR count). The zero-order valence-corrected chi connectivity index (χ0v) is 8.43. The molecule has 3 saturated heterocycles. The number of hydrogen-bond acceptors (Lipinski definition) is 4. The van der Waals surface area contributed by atoms with Crippen molar-refractivity contribution >= 4 is 11.8 Å². The molecule has 4 heteroatoms. The van der Waals surface area contributed by atoms with Crippen LogP contribution in [0.4, 0.5) is 0 Å². The fourth-order valence-electron chi connectivity index (χ4n) is 4.11. The van der Waals surface area contributed by atoms with Crippen LogP contribution in [0.25, 0.3) is 0 Å². The van der Waals surface area contributed by atoms with Crippen LogP contribution in [0.2, 0.25) is 0 Å². The Bertz CT molecular complexity index is 390. The van der Waals surface area contributed by atoms with E-state index < -0.39 is 0 Å². The van der Waals surface area contributed by atoms with E-state index in [1.54, 1.807) is 0 Å². The quantitative estimate of drug-likeness (QED) is 0.537. The van der Waals surface area contributed by atoms with Crippen molar-refractivity contribution in [2.24, 2.45) is 17.8 Å². The van der Waals surface area contributed by atoms with Crippen molar-refractivity contribution in [3.63, 3.8) is 0 Å². The summed E-state index contributed by atoms with van der Waals surface area (Å²) in [6, 6.07) is 0. The molecule has 0 aromatic rings. The Hall–Kier alpha value is -0.900. The number of carbonyl (C=O) groups is 2. The normalized spacial score (nSPS) is 59.9. The first-order chi connectivity index (χ1) is 7.11. The van der Waals surface area contributed by atoms with Gasteiger partial charge in [0, 0.05) is 24.7 Å². The van der Waals surface area contributed by atoms with Crippen molar-refractivity contribution in [2.45, 2.75) is 37.6 Å². The van der Waals surface area contributed by atoms with Crippen LogP contribution in [0.3, 0.4) is 0 Å². The van der Waals surface area contributed by atoms with Gasteiger partial charge in [0.25, 0.3) is 0 Å². The second-order valence-electron chi connectivity index (χ2n) is 5.35. The Kier molecular flexibility index (Phi) is 1.17. The van der Waals surface area contributed by atoms with Crippen LogP contribution in [0.15, 0.2) is 0 Å². The minimum absolute atomic E-state index is 0.0643. The van der Waals surface area contributed by atoms with Gasteiger partial charge in [-0.15, -0.1) is 0 Å². The summed E-state index contributed by atoms with van der Waals surface area (Å²) in [7, 11) is 0. The molecule has 4 aliphatic rings. The van der Waals surface area contributed by atoms with E-state index in [9.17, 15) is 9.59 Å². The van der Waals surface area contributed by atoms with Crippen molar-refractivity contribution in [1.29, 1.82) is 0 Å². The van der Waals surface area contributed by atoms with Crippen LogP contribution >= 0.6 is 0 Å². The Morgan fingerprint density at radius 1 is 1.20 bits per heavy atom. The number of fused-ring (bicyclic) bond motifs is 2. The lowest BCUT2D eigenvalue weighted by Gasteiger charge is -2.40. The summed E-state index contributed by atoms with van der Waals surface area (Å²) in [6.07, 6.45) is 0.808. The van der Waals surface area contributed by atoms with Crippen LogP contribution in [-0.2, 0) is 19.1 Å². The fraction of sp³-hybridized carbons (Fsp3) is 0.818. The first kappa shape index (κ1) is 8.28. The summed E-state index contributed by atoms with van der Waals surface area (Å²) in [5.74, 6) is 0.132. The number of ether oxygens (including phenoxy) is 2. The topological polar surface area (TPSA) is 52.6 Å². The van der Waals surface area contributed by atoms with Crippen LogP contribution in [0.1, 0.15) is 19.8 Å². The molecule has 0 radical (unpaired) electrons. The minimum Gasteiger partial charge on any atom is -0.459 e. The predicted octanol–water partition coefficient (Wildman–Crippen LogP) is 0.294. The minimum atomic E-state index is -0.278. The Balaban J connectivity index is 1.90. The van der Waals surface area contributed by atoms with Gasteiger partial charge in [0.05, 0.1) is 11.5 Å². The van der Waals surface area contributed by atoms with Gasteiger partial charge in [-0.05, 0) is 6.92 Å². The number of rotatable bonds is 0. The molecule has 0 amide bonds. The Morgan fingerprint density at radius 3 is 2.73 bits per heavy atom. The Labute approximate surface area is 86.9 Å². The lowest BCUT2D eigenvalue weighted by Crippen LogP contribution is -2.51. The average molecular weight is 208 g/mol. The van der Waals surface area contributed by atoms with Gasteiger partial charge in [-0.25, -0.2) is 0 Å². The van der Waals surface area contributed by atoms with Gasteiger partial charge in [-0.2, -0.15) is 0 Å². The molecule has 1 aliphatic carbocycles. The summed E-state index contributed by atoms with van der Waals surface area (Å²) >= 11 is 0. The summed E-state index contributed by atoms with van der Waals surface area (Å²) in [5, 5.41) is 0. The Morgan fingerprint density at radius 2 is 1.93 bits per heavy atom. The van der Waals surface area contributed by atoms with E-state index in [-0.39, 0.29) is 47.3 Å². The summed E-state index contributed by atoms with van der Waals surface area (Å²) < 4.78 is 11.3. The highest BCUT2D eigenvalue weighted by Gasteiger charge is 2.75. The van der Waals surface area contributed by atoms with Crippen molar-refractivity contribution in [1.82, 2.24) is 0 Å². The van der Waals surface area contributed by atoms with Crippen molar-refractivity contribution in [3.05, 3.63) is 0 Å². The standard InChI is InChI=1S/C11H12O4/c1-11-5-2-4(12)3-6(11)8-9(15-11)7(5)10(13)14-8/h5-9H,2-3H2,1H3/t5-,6+,7+,8-,9-,11+/m1/s1. The molecular weight excluding hydrogens is 196 g/mol. The van der Waals surface area contributed by atoms with E-state index in [0.717, 1.165) is 0 Å². The third-order valence-corrected chi connectivity index (χ3v) is 4.79. The van der Waals surface area contributed by atoms with E-state index in [0.29, 0.717) is 12.8 Å². The molecule has 0 spiro atoms. The highest BCUT2D eigenvalue weighted by atomic mass is 16.6. The van der Waals surface area contributed by atoms with Gasteiger partial charge in [0.15, 0.2) is 0 Å². The molecule has 6 atom stereocenters. The SMILES string of the molecule is C[C@]12O[C@H]3[C@@H]4OC(=O)[C@H]3[C@H]1CC(=O)C[C@@H]42. The monoisotopic (exact) mass is 208 g/mol. The largest absolute Gasteiger partial charge is 0.459 e. The molecule has 15 heavy (non-hydrogen) atoms. The van der Waals surface area contributed by atoms with Gasteiger partial charge >= 0.3 is 5.97 Å². The van der Waals surface area contributed by atoms with E-state index in [4.69, 9.17) is 9.47 Å². The fourth-order valence-corrected chi connectivity index (χ4v) is 4.11. The summed E-state index contributed by atoms with van der Waals surface area (Å²) in [4.78, 5) is 23.3. The van der Waals surface area contributed by atoms with Crippen LogP contribution < -0.4 is 0 Å². The first-order valence-corrected chi connectivity index (χ1v) is 5.51. The molecule has 80 valence electrons. The second-order valence-corrected chi connectivity index (χ2v) is 5.35. The molecule has 0 aromatic heterocycles. The molecule has 0 unspecified atom stereocenters. The average Bonchev–Trinajstić information content (AvgIpc) is 2.68. The maximum absolute atomic E-state index is 11.7. The van der Waals surface area contributed by atoms with Crippen molar-refractivity contribution in [2.75, 3.05) is 0 Å². The van der Waals surface area contributed by atoms with Gasteiger partial charge < -0.3 is 9.47 Å². The van der Waals surface area contributed by atoms with Crippen molar-refractivity contribution in [3.8, 4) is 0 Å². The third kappa shape index (κ3) is 0.698. The zero-order valence-electron chi connectivity index (χ0n) is 8.43. The zero-order chi connectivity index (χ0) is 10.4. The number of Topliss-reactive ketones (excluding diaryl/α,β-unsaturated/α-hetero) is 1. The molecule has 3 heterocycles. The van der Waals surface area contributed by atoms with Crippen LogP contribution in [0.5, 0.6) is 0 Å². The maximum atomic E-state index is 11.7. The molecular formula is C11H12O4. The molecule has 4 nitrogen and oxygen atoms in total. The highest BCUT2D eigenvalue weighted by Crippen LogP contribution is 2.63.